The summed E-state index contributed by atoms with van der Waals surface area (Å²) in [6.07, 6.45) is 1.26. The highest BCUT2D eigenvalue weighted by Crippen LogP contribution is 2.09. The number of rotatable bonds is 3. The summed E-state index contributed by atoms with van der Waals surface area (Å²) < 4.78 is 1.06. The van der Waals surface area contributed by atoms with Gasteiger partial charge in [0, 0.05) is 13.1 Å². The smallest absolute Gasteiger partial charge is 0.325 e. The second-order valence-corrected chi connectivity index (χ2v) is 4.16. The highest BCUT2D eigenvalue weighted by molar-refractivity contribution is 5.96. The van der Waals surface area contributed by atoms with Gasteiger partial charge in [0.25, 0.3) is 5.91 Å². The Labute approximate surface area is 108 Å². The molecule has 1 aliphatic rings. The fraction of sp³-hybridized carbons (Fsp3) is 0.500. The van der Waals surface area contributed by atoms with Gasteiger partial charge in [0.1, 0.15) is 12.6 Å². The Kier molecular flexibility index (Phi) is 3.45. The van der Waals surface area contributed by atoms with E-state index in [1.165, 1.54) is 11.1 Å². The summed E-state index contributed by atoms with van der Waals surface area (Å²) in [6.45, 7) is 2.03. The van der Waals surface area contributed by atoms with Gasteiger partial charge in [-0.1, -0.05) is 5.21 Å². The maximum Gasteiger partial charge on any atom is 0.325 e. The van der Waals surface area contributed by atoms with Gasteiger partial charge < -0.3 is 15.3 Å². The predicted octanol–water partition coefficient (Wildman–Crippen LogP) is -1.68. The molecule has 2 amide bonds. The largest absolute Gasteiger partial charge is 0.480 e. The number of aromatic nitrogens is 3. The van der Waals surface area contributed by atoms with Crippen molar-refractivity contribution in [3.8, 4) is 0 Å². The summed E-state index contributed by atoms with van der Waals surface area (Å²) in [5.74, 6) is -1.73. The van der Waals surface area contributed by atoms with Crippen LogP contribution in [-0.2, 0) is 16.1 Å². The van der Waals surface area contributed by atoms with Crippen LogP contribution in [0.3, 0.4) is 0 Å². The number of hydrogen-bond donors (Lipinski definition) is 2. The van der Waals surface area contributed by atoms with E-state index in [1.54, 1.807) is 6.92 Å². The lowest BCUT2D eigenvalue weighted by atomic mass is 10.2. The third-order valence-corrected chi connectivity index (χ3v) is 2.81. The highest BCUT2D eigenvalue weighted by atomic mass is 16.4. The third kappa shape index (κ3) is 2.69. The monoisotopic (exact) mass is 267 g/mol. The Bertz CT molecular complexity index is 526. The number of carbonyl (C=O) groups is 3. The maximum atomic E-state index is 12.1. The number of nitrogens with zero attached hydrogens (tertiary/aromatic N) is 4. The van der Waals surface area contributed by atoms with Crippen molar-refractivity contribution in [3.63, 3.8) is 0 Å². The zero-order valence-corrected chi connectivity index (χ0v) is 10.2. The van der Waals surface area contributed by atoms with E-state index >= 15 is 0 Å². The molecule has 102 valence electrons. The summed E-state index contributed by atoms with van der Waals surface area (Å²) >= 11 is 0. The van der Waals surface area contributed by atoms with Gasteiger partial charge in [-0.25, -0.2) is 4.68 Å². The number of piperazine rings is 1. The molecule has 2 heterocycles. The molecule has 1 aromatic rings. The minimum absolute atomic E-state index is 0.0304. The number of carboxylic acids is 1. The van der Waals surface area contributed by atoms with Crippen molar-refractivity contribution in [3.05, 3.63) is 11.9 Å². The molecule has 0 bridgehead atoms. The van der Waals surface area contributed by atoms with Gasteiger partial charge in [-0.15, -0.1) is 5.10 Å². The molecule has 2 N–H and O–H groups in total. The number of hydrogen-bond acceptors (Lipinski definition) is 5. The number of amides is 2. The first kappa shape index (κ1) is 13.0. The standard InChI is InChI=1S/C10H13N5O4/c1-6-9(18)11-2-3-15(6)10(19)7-4-14(13-12-7)5-8(16)17/h4,6H,2-3,5H2,1H3,(H,11,18)(H,16,17). The topological polar surface area (TPSA) is 117 Å². The van der Waals surface area contributed by atoms with Crippen LogP contribution in [0.25, 0.3) is 0 Å². The quantitative estimate of drug-likeness (QED) is 0.675. The Hall–Kier alpha value is -2.45. The van der Waals surface area contributed by atoms with Crippen LogP contribution >= 0.6 is 0 Å². The van der Waals surface area contributed by atoms with Gasteiger partial charge in [0.15, 0.2) is 5.69 Å². The van der Waals surface area contributed by atoms with Crippen LogP contribution in [0.5, 0.6) is 0 Å². The van der Waals surface area contributed by atoms with Gasteiger partial charge >= 0.3 is 5.97 Å². The SMILES string of the molecule is CC1C(=O)NCCN1C(=O)c1cn(CC(=O)O)nn1. The third-order valence-electron chi connectivity index (χ3n) is 2.81. The van der Waals surface area contributed by atoms with E-state index in [2.05, 4.69) is 15.6 Å². The van der Waals surface area contributed by atoms with Crippen LogP contribution in [0, 0.1) is 0 Å². The van der Waals surface area contributed by atoms with E-state index in [4.69, 9.17) is 5.11 Å². The molecule has 19 heavy (non-hydrogen) atoms. The number of carboxylic acid groups (broad SMARTS) is 1. The molecule has 0 aromatic carbocycles. The normalized spacial score (nSPS) is 19.1. The van der Waals surface area contributed by atoms with Crippen LogP contribution in [0.4, 0.5) is 0 Å². The van der Waals surface area contributed by atoms with Gasteiger partial charge in [0.2, 0.25) is 5.91 Å². The van der Waals surface area contributed by atoms with Crippen LogP contribution < -0.4 is 5.32 Å². The zero-order valence-electron chi connectivity index (χ0n) is 10.2. The molecular weight excluding hydrogens is 254 g/mol. The number of aliphatic carboxylic acids is 1. The van der Waals surface area contributed by atoms with E-state index in [9.17, 15) is 14.4 Å². The van der Waals surface area contributed by atoms with Gasteiger partial charge in [-0.3, -0.25) is 14.4 Å². The Morgan fingerprint density at radius 2 is 2.32 bits per heavy atom. The first-order valence-electron chi connectivity index (χ1n) is 5.69. The van der Waals surface area contributed by atoms with E-state index < -0.39 is 17.9 Å². The molecule has 0 aliphatic carbocycles. The zero-order chi connectivity index (χ0) is 14.0. The van der Waals surface area contributed by atoms with Crippen LogP contribution in [0.2, 0.25) is 0 Å². The fourth-order valence-corrected chi connectivity index (χ4v) is 1.82. The Balaban J connectivity index is 2.12. The first-order chi connectivity index (χ1) is 8.99. The molecule has 1 fully saturated rings. The minimum atomic E-state index is -1.07. The first-order valence-corrected chi connectivity index (χ1v) is 5.69. The van der Waals surface area contributed by atoms with E-state index in [-0.39, 0.29) is 18.1 Å². The molecule has 9 nitrogen and oxygen atoms in total. The summed E-state index contributed by atoms with van der Waals surface area (Å²) in [5, 5.41) is 18.4. The maximum absolute atomic E-state index is 12.1. The lowest BCUT2D eigenvalue weighted by Crippen LogP contribution is -2.55. The number of nitrogens with one attached hydrogen (secondary N) is 1. The highest BCUT2D eigenvalue weighted by Gasteiger charge is 2.31. The van der Waals surface area contributed by atoms with Crippen molar-refractivity contribution < 1.29 is 19.5 Å². The van der Waals surface area contributed by atoms with Crippen LogP contribution in [0.1, 0.15) is 17.4 Å². The average molecular weight is 267 g/mol. The van der Waals surface area contributed by atoms with E-state index in [0.29, 0.717) is 13.1 Å². The molecular formula is C10H13N5O4. The summed E-state index contributed by atoms with van der Waals surface area (Å²) in [4.78, 5) is 35.5. The predicted molar refractivity (Wildman–Crippen MR) is 61.2 cm³/mol. The minimum Gasteiger partial charge on any atom is -0.480 e. The van der Waals surface area contributed by atoms with E-state index in [1.807, 2.05) is 0 Å². The lowest BCUT2D eigenvalue weighted by molar-refractivity contribution is -0.138. The molecule has 0 radical (unpaired) electrons. The Morgan fingerprint density at radius 1 is 1.58 bits per heavy atom. The molecule has 9 heteroatoms. The lowest BCUT2D eigenvalue weighted by Gasteiger charge is -2.32. The van der Waals surface area contributed by atoms with Gasteiger partial charge in [-0.05, 0) is 6.92 Å². The summed E-state index contributed by atoms with van der Waals surface area (Å²) in [5.41, 5.74) is 0.0304. The average Bonchev–Trinajstić information content (AvgIpc) is 2.79. The molecule has 1 saturated heterocycles. The van der Waals surface area contributed by atoms with Crippen molar-refractivity contribution >= 4 is 17.8 Å². The van der Waals surface area contributed by atoms with Gasteiger partial charge in [-0.2, -0.15) is 0 Å². The fourth-order valence-electron chi connectivity index (χ4n) is 1.82. The van der Waals surface area contributed by atoms with Crippen molar-refractivity contribution in [1.29, 1.82) is 0 Å². The van der Waals surface area contributed by atoms with Crippen LogP contribution in [0.15, 0.2) is 6.20 Å². The number of carbonyl (C=O) groups excluding carboxylic acids is 2. The molecule has 1 unspecified atom stereocenters. The van der Waals surface area contributed by atoms with Gasteiger partial charge in [0.05, 0.1) is 6.20 Å². The van der Waals surface area contributed by atoms with Crippen molar-refractivity contribution in [1.82, 2.24) is 25.2 Å². The van der Waals surface area contributed by atoms with Crippen LogP contribution in [-0.4, -0.2) is 61.9 Å². The molecule has 0 saturated carbocycles. The molecule has 2 rings (SSSR count). The summed E-state index contributed by atoms with van der Waals surface area (Å²) in [7, 11) is 0. The van der Waals surface area contributed by atoms with Crippen molar-refractivity contribution in [2.45, 2.75) is 19.5 Å². The molecule has 1 aliphatic heterocycles. The van der Waals surface area contributed by atoms with Crippen molar-refractivity contribution in [2.24, 2.45) is 0 Å². The second kappa shape index (κ2) is 5.04. The molecule has 1 atom stereocenters. The second-order valence-electron chi connectivity index (χ2n) is 4.16. The Morgan fingerprint density at radius 3 is 3.00 bits per heavy atom. The summed E-state index contributed by atoms with van der Waals surface area (Å²) in [6, 6.07) is -0.578. The molecule has 0 spiro atoms. The van der Waals surface area contributed by atoms with E-state index in [0.717, 1.165) is 4.68 Å². The molecule has 1 aromatic heterocycles. The van der Waals surface area contributed by atoms with Crippen molar-refractivity contribution in [2.75, 3.05) is 13.1 Å².